The third-order valence-electron chi connectivity index (χ3n) is 3.01. The minimum atomic E-state index is 0.585. The van der Waals surface area contributed by atoms with Crippen LogP contribution < -0.4 is 5.32 Å². The third kappa shape index (κ3) is 1.37. The fourth-order valence-electron chi connectivity index (χ4n) is 2.11. The Bertz CT molecular complexity index is 906. The summed E-state index contributed by atoms with van der Waals surface area (Å²) in [6.45, 7) is 0. The van der Waals surface area contributed by atoms with E-state index in [2.05, 4.69) is 40.3 Å². The summed E-state index contributed by atoms with van der Waals surface area (Å²) >= 11 is 0. The van der Waals surface area contributed by atoms with Gasteiger partial charge in [0.1, 0.15) is 24.0 Å². The van der Waals surface area contributed by atoms with Crippen LogP contribution in [0.3, 0.4) is 0 Å². The highest BCUT2D eigenvalue weighted by atomic mass is 15.3. The summed E-state index contributed by atoms with van der Waals surface area (Å²) in [6, 6.07) is 0. The van der Waals surface area contributed by atoms with Crippen molar-refractivity contribution in [2.45, 2.75) is 0 Å². The van der Waals surface area contributed by atoms with E-state index in [1.807, 2.05) is 0 Å². The Balaban J connectivity index is 2.06. The molecule has 0 unspecified atom stereocenters. The quantitative estimate of drug-likeness (QED) is 0.544. The highest BCUT2D eigenvalue weighted by Crippen LogP contribution is 2.22. The second-order valence-electron chi connectivity index (χ2n) is 4.06. The largest absolute Gasteiger partial charge is 0.372 e. The van der Waals surface area contributed by atoms with Crippen molar-refractivity contribution < 1.29 is 0 Å². The van der Waals surface area contributed by atoms with Crippen LogP contribution in [0.5, 0.6) is 0 Å². The summed E-state index contributed by atoms with van der Waals surface area (Å²) in [4.78, 5) is 23.9. The Morgan fingerprint density at radius 1 is 1.10 bits per heavy atom. The zero-order valence-electron chi connectivity index (χ0n) is 10.4. The Labute approximate surface area is 112 Å². The van der Waals surface area contributed by atoms with Gasteiger partial charge in [-0.25, -0.2) is 24.9 Å². The predicted octanol–water partition coefficient (Wildman–Crippen LogP) is 0.524. The SMILES string of the molecule is CNc1ncnc2c1cnn2-c1ncnc2nc[nH]c12. The van der Waals surface area contributed by atoms with Gasteiger partial charge < -0.3 is 10.3 Å². The molecule has 4 heterocycles. The molecule has 0 aliphatic heterocycles. The van der Waals surface area contributed by atoms with Crippen LogP contribution in [0.2, 0.25) is 0 Å². The number of rotatable bonds is 2. The first-order chi connectivity index (χ1) is 9.88. The van der Waals surface area contributed by atoms with Crippen LogP contribution in [0.1, 0.15) is 0 Å². The van der Waals surface area contributed by atoms with E-state index in [9.17, 15) is 0 Å². The van der Waals surface area contributed by atoms with Crippen LogP contribution in [0.25, 0.3) is 28.0 Å². The maximum atomic E-state index is 4.34. The fourth-order valence-corrected chi connectivity index (χ4v) is 2.11. The number of nitrogens with zero attached hydrogens (tertiary/aromatic N) is 7. The molecule has 0 saturated carbocycles. The summed E-state index contributed by atoms with van der Waals surface area (Å²) in [5, 5.41) is 8.17. The van der Waals surface area contributed by atoms with E-state index in [-0.39, 0.29) is 0 Å². The zero-order chi connectivity index (χ0) is 13.5. The Morgan fingerprint density at radius 2 is 2.00 bits per heavy atom. The maximum Gasteiger partial charge on any atom is 0.185 e. The summed E-state index contributed by atoms with van der Waals surface area (Å²) in [5.74, 6) is 1.32. The molecule has 0 aliphatic rings. The van der Waals surface area contributed by atoms with Crippen molar-refractivity contribution in [2.24, 2.45) is 0 Å². The van der Waals surface area contributed by atoms with Crippen LogP contribution in [0, 0.1) is 0 Å². The van der Waals surface area contributed by atoms with Crippen molar-refractivity contribution in [2.75, 3.05) is 12.4 Å². The lowest BCUT2D eigenvalue weighted by Gasteiger charge is -2.03. The lowest BCUT2D eigenvalue weighted by Crippen LogP contribution is -2.03. The van der Waals surface area contributed by atoms with E-state index >= 15 is 0 Å². The van der Waals surface area contributed by atoms with Crippen molar-refractivity contribution >= 4 is 28.0 Å². The third-order valence-corrected chi connectivity index (χ3v) is 3.01. The minimum absolute atomic E-state index is 0.585. The van der Waals surface area contributed by atoms with Gasteiger partial charge in [-0.05, 0) is 0 Å². The van der Waals surface area contributed by atoms with Crippen molar-refractivity contribution in [3.63, 3.8) is 0 Å². The molecule has 9 nitrogen and oxygen atoms in total. The van der Waals surface area contributed by atoms with Crippen LogP contribution in [-0.2, 0) is 0 Å². The molecule has 0 amide bonds. The fraction of sp³-hybridized carbons (Fsp3) is 0.0909. The van der Waals surface area contributed by atoms with Gasteiger partial charge in [0, 0.05) is 7.05 Å². The van der Waals surface area contributed by atoms with Crippen LogP contribution in [-0.4, -0.2) is 46.7 Å². The van der Waals surface area contributed by atoms with Gasteiger partial charge in [-0.2, -0.15) is 9.78 Å². The molecule has 20 heavy (non-hydrogen) atoms. The standard InChI is InChI=1S/C11H9N9/c1-12-8-6-2-19-20(10(6)17-4-14-8)11-7-9(15-3-13-7)16-5-18-11/h2-5H,1H3,(H,12,14,17)(H,13,15,16,18). The van der Waals surface area contributed by atoms with Crippen LogP contribution in [0.15, 0.2) is 25.2 Å². The molecule has 9 heteroatoms. The second kappa shape index (κ2) is 3.95. The number of aromatic nitrogens is 8. The number of anilines is 1. The Morgan fingerprint density at radius 3 is 2.90 bits per heavy atom. The van der Waals surface area contributed by atoms with Gasteiger partial charge in [-0.3, -0.25) is 0 Å². The molecule has 0 radical (unpaired) electrons. The normalized spacial score (nSPS) is 11.2. The monoisotopic (exact) mass is 267 g/mol. The first-order valence-corrected chi connectivity index (χ1v) is 5.89. The molecule has 0 bridgehead atoms. The van der Waals surface area contributed by atoms with Crippen LogP contribution >= 0.6 is 0 Å². The smallest absolute Gasteiger partial charge is 0.185 e. The van der Waals surface area contributed by atoms with Gasteiger partial charge in [0.05, 0.1) is 17.9 Å². The number of H-pyrrole nitrogens is 1. The van der Waals surface area contributed by atoms with Crippen molar-refractivity contribution in [1.82, 2.24) is 39.7 Å². The molecule has 0 fully saturated rings. The molecular weight excluding hydrogens is 258 g/mol. The van der Waals surface area contributed by atoms with E-state index in [0.717, 1.165) is 11.2 Å². The molecule has 0 saturated heterocycles. The topological polar surface area (TPSA) is 110 Å². The molecule has 2 N–H and O–H groups in total. The van der Waals surface area contributed by atoms with Gasteiger partial charge in [-0.1, -0.05) is 0 Å². The average molecular weight is 267 g/mol. The minimum Gasteiger partial charge on any atom is -0.372 e. The van der Waals surface area contributed by atoms with E-state index in [1.165, 1.54) is 12.7 Å². The molecule has 4 aromatic heterocycles. The number of aromatic amines is 1. The molecule has 0 aliphatic carbocycles. The van der Waals surface area contributed by atoms with Gasteiger partial charge in [-0.15, -0.1) is 0 Å². The lowest BCUT2D eigenvalue weighted by molar-refractivity contribution is 0.862. The average Bonchev–Trinajstić information content (AvgIpc) is 3.12. The summed E-state index contributed by atoms with van der Waals surface area (Å²) in [6.07, 6.45) is 6.21. The number of imidazole rings is 1. The van der Waals surface area contributed by atoms with Gasteiger partial charge in [0.15, 0.2) is 17.1 Å². The zero-order valence-corrected chi connectivity index (χ0v) is 10.4. The van der Waals surface area contributed by atoms with E-state index in [0.29, 0.717) is 22.6 Å². The van der Waals surface area contributed by atoms with Crippen molar-refractivity contribution in [3.8, 4) is 5.82 Å². The highest BCUT2D eigenvalue weighted by molar-refractivity contribution is 5.88. The molecule has 98 valence electrons. The Hall–Kier alpha value is -3.10. The van der Waals surface area contributed by atoms with Gasteiger partial charge in [0.25, 0.3) is 0 Å². The van der Waals surface area contributed by atoms with E-state index in [1.54, 1.807) is 24.3 Å². The highest BCUT2D eigenvalue weighted by Gasteiger charge is 2.14. The van der Waals surface area contributed by atoms with Crippen LogP contribution in [0.4, 0.5) is 5.82 Å². The summed E-state index contributed by atoms with van der Waals surface area (Å²) < 4.78 is 1.64. The second-order valence-corrected chi connectivity index (χ2v) is 4.06. The maximum absolute atomic E-state index is 4.34. The number of fused-ring (bicyclic) bond motifs is 2. The summed E-state index contributed by atoms with van der Waals surface area (Å²) in [5.41, 5.74) is 1.96. The van der Waals surface area contributed by atoms with Gasteiger partial charge >= 0.3 is 0 Å². The number of nitrogens with one attached hydrogen (secondary N) is 2. The lowest BCUT2D eigenvalue weighted by atomic mass is 10.4. The van der Waals surface area contributed by atoms with Crippen molar-refractivity contribution in [1.29, 1.82) is 0 Å². The molecule has 0 spiro atoms. The number of hydrogen-bond acceptors (Lipinski definition) is 7. The van der Waals surface area contributed by atoms with Crippen molar-refractivity contribution in [3.05, 3.63) is 25.2 Å². The molecule has 0 atom stereocenters. The van der Waals surface area contributed by atoms with E-state index in [4.69, 9.17) is 0 Å². The first-order valence-electron chi connectivity index (χ1n) is 5.89. The van der Waals surface area contributed by atoms with E-state index < -0.39 is 0 Å². The Kier molecular flexibility index (Phi) is 2.13. The first kappa shape index (κ1) is 10.8. The predicted molar refractivity (Wildman–Crippen MR) is 71.4 cm³/mol. The molecular formula is C11H9N9. The molecule has 4 aromatic rings. The summed E-state index contributed by atoms with van der Waals surface area (Å²) in [7, 11) is 1.80. The van der Waals surface area contributed by atoms with Gasteiger partial charge in [0.2, 0.25) is 0 Å². The molecule has 0 aromatic carbocycles. The molecule has 4 rings (SSSR count). The number of hydrogen-bond donors (Lipinski definition) is 2.